The first-order valence-corrected chi connectivity index (χ1v) is 10.5. The maximum atomic E-state index is 6.78. The first kappa shape index (κ1) is 18.9. The first-order valence-electron chi connectivity index (χ1n) is 10.5. The molecule has 2 N–H and O–H groups in total. The highest BCUT2D eigenvalue weighted by Crippen LogP contribution is 2.48. The van der Waals surface area contributed by atoms with Gasteiger partial charge < -0.3 is 5.73 Å². The van der Waals surface area contributed by atoms with Crippen LogP contribution in [0.1, 0.15) is 0 Å². The molecule has 0 aliphatic carbocycles. The number of hydrogen-bond acceptors (Lipinski definition) is 1. The van der Waals surface area contributed by atoms with Gasteiger partial charge in [-0.15, -0.1) is 0 Å². The third-order valence-corrected chi connectivity index (χ3v) is 5.63. The lowest BCUT2D eigenvalue weighted by Crippen LogP contribution is -1.99. The normalized spacial score (nSPS) is 10.7. The zero-order valence-electron chi connectivity index (χ0n) is 17.2. The molecule has 5 rings (SSSR count). The van der Waals surface area contributed by atoms with Crippen LogP contribution < -0.4 is 5.73 Å². The zero-order valence-corrected chi connectivity index (χ0v) is 17.2. The van der Waals surface area contributed by atoms with Gasteiger partial charge in [-0.25, -0.2) is 0 Å². The van der Waals surface area contributed by atoms with Crippen molar-refractivity contribution in [1.82, 2.24) is 0 Å². The Balaban J connectivity index is 1.95. The van der Waals surface area contributed by atoms with Crippen LogP contribution in [0.15, 0.2) is 127 Å². The molecule has 0 saturated carbocycles. The molecule has 0 atom stereocenters. The van der Waals surface area contributed by atoms with Crippen LogP contribution in [0.4, 0.5) is 5.69 Å². The summed E-state index contributed by atoms with van der Waals surface area (Å²) in [5, 5.41) is 0. The third kappa shape index (κ3) is 3.62. The Kier molecular flexibility index (Phi) is 5.08. The second kappa shape index (κ2) is 8.33. The Labute approximate surface area is 183 Å². The fraction of sp³-hybridized carbons (Fsp3) is 0. The third-order valence-electron chi connectivity index (χ3n) is 5.63. The number of rotatable bonds is 4. The topological polar surface area (TPSA) is 26.0 Å². The maximum absolute atomic E-state index is 6.78. The molecule has 0 fully saturated rings. The van der Waals surface area contributed by atoms with Gasteiger partial charge in [0.2, 0.25) is 0 Å². The Morgan fingerprint density at radius 2 is 0.710 bits per heavy atom. The van der Waals surface area contributed by atoms with Gasteiger partial charge in [0.1, 0.15) is 0 Å². The highest BCUT2D eigenvalue weighted by molar-refractivity contribution is 6.05. The van der Waals surface area contributed by atoms with Crippen LogP contribution in [0, 0.1) is 0 Å². The summed E-state index contributed by atoms with van der Waals surface area (Å²) < 4.78 is 0. The van der Waals surface area contributed by atoms with Gasteiger partial charge in [-0.3, -0.25) is 0 Å². The standard InChI is InChI=1S/C30H23N/c31-27-21-26(22-13-5-1-6-14-22)28(23-15-7-2-8-16-23)30(25-19-11-4-12-20-25)29(27)24-17-9-3-10-18-24/h1-21H,31H2. The van der Waals surface area contributed by atoms with Gasteiger partial charge in [0.15, 0.2) is 0 Å². The molecule has 31 heavy (non-hydrogen) atoms. The Morgan fingerprint density at radius 3 is 1.16 bits per heavy atom. The largest absolute Gasteiger partial charge is 0.398 e. The SMILES string of the molecule is Nc1cc(-c2ccccc2)c(-c2ccccc2)c(-c2ccccc2)c1-c1ccccc1. The lowest BCUT2D eigenvalue weighted by molar-refractivity contribution is 1.54. The van der Waals surface area contributed by atoms with Crippen LogP contribution in [0.5, 0.6) is 0 Å². The molecular formula is C30H23N. The number of hydrogen-bond donors (Lipinski definition) is 1. The predicted molar refractivity (Wildman–Crippen MR) is 133 cm³/mol. The van der Waals surface area contributed by atoms with Crippen LogP contribution in [-0.2, 0) is 0 Å². The van der Waals surface area contributed by atoms with E-state index in [4.69, 9.17) is 5.73 Å². The second-order valence-electron chi connectivity index (χ2n) is 7.60. The van der Waals surface area contributed by atoms with Gasteiger partial charge >= 0.3 is 0 Å². The average molecular weight is 398 g/mol. The van der Waals surface area contributed by atoms with E-state index in [1.54, 1.807) is 0 Å². The summed E-state index contributed by atoms with van der Waals surface area (Å²) in [4.78, 5) is 0. The van der Waals surface area contributed by atoms with E-state index in [-0.39, 0.29) is 0 Å². The summed E-state index contributed by atoms with van der Waals surface area (Å²) in [5.41, 5.74) is 16.8. The Hall–Kier alpha value is -4.10. The number of nitrogen functional groups attached to an aromatic ring is 1. The van der Waals surface area contributed by atoms with E-state index >= 15 is 0 Å². The van der Waals surface area contributed by atoms with Crippen LogP contribution in [0.2, 0.25) is 0 Å². The van der Waals surface area contributed by atoms with Crippen molar-refractivity contribution in [3.8, 4) is 44.5 Å². The van der Waals surface area contributed by atoms with Gasteiger partial charge in [0.25, 0.3) is 0 Å². The van der Waals surface area contributed by atoms with Crippen LogP contribution >= 0.6 is 0 Å². The fourth-order valence-electron chi connectivity index (χ4n) is 4.26. The molecule has 0 radical (unpaired) electrons. The van der Waals surface area contributed by atoms with Crippen LogP contribution in [-0.4, -0.2) is 0 Å². The molecule has 0 aliphatic rings. The number of anilines is 1. The Bertz CT molecular complexity index is 1290. The van der Waals surface area contributed by atoms with Crippen molar-refractivity contribution >= 4 is 5.69 Å². The summed E-state index contributed by atoms with van der Waals surface area (Å²) in [7, 11) is 0. The van der Waals surface area contributed by atoms with Crippen molar-refractivity contribution in [1.29, 1.82) is 0 Å². The molecule has 0 saturated heterocycles. The monoisotopic (exact) mass is 397 g/mol. The summed E-state index contributed by atoms with van der Waals surface area (Å²) in [6.07, 6.45) is 0. The second-order valence-corrected chi connectivity index (χ2v) is 7.60. The zero-order chi connectivity index (χ0) is 21.0. The van der Waals surface area contributed by atoms with Gasteiger partial charge in [0, 0.05) is 16.8 Å². The van der Waals surface area contributed by atoms with Crippen molar-refractivity contribution in [3.63, 3.8) is 0 Å². The molecule has 5 aromatic carbocycles. The highest BCUT2D eigenvalue weighted by Gasteiger charge is 2.21. The van der Waals surface area contributed by atoms with E-state index in [1.165, 1.54) is 11.1 Å². The molecule has 0 aliphatic heterocycles. The molecule has 0 spiro atoms. The first-order chi connectivity index (χ1) is 15.3. The minimum atomic E-state index is 0.781. The van der Waals surface area contributed by atoms with Crippen molar-refractivity contribution < 1.29 is 0 Å². The van der Waals surface area contributed by atoms with Crippen molar-refractivity contribution in [2.75, 3.05) is 5.73 Å². The quantitative estimate of drug-likeness (QED) is 0.306. The molecule has 1 nitrogen and oxygen atoms in total. The summed E-state index contributed by atoms with van der Waals surface area (Å²) >= 11 is 0. The molecule has 1 heteroatoms. The molecule has 0 aromatic heterocycles. The molecule has 0 amide bonds. The van der Waals surface area contributed by atoms with E-state index in [1.807, 2.05) is 12.1 Å². The molecule has 0 unspecified atom stereocenters. The highest BCUT2D eigenvalue weighted by atomic mass is 14.6. The van der Waals surface area contributed by atoms with Crippen molar-refractivity contribution in [2.45, 2.75) is 0 Å². The van der Waals surface area contributed by atoms with Gasteiger partial charge in [-0.05, 0) is 39.4 Å². The molecule has 5 aromatic rings. The van der Waals surface area contributed by atoms with Gasteiger partial charge in [0.05, 0.1) is 0 Å². The summed E-state index contributed by atoms with van der Waals surface area (Å²) in [5.74, 6) is 0. The lowest BCUT2D eigenvalue weighted by atomic mass is 9.82. The minimum Gasteiger partial charge on any atom is -0.398 e. The molecule has 0 heterocycles. The molecule has 148 valence electrons. The molecule has 0 bridgehead atoms. The van der Waals surface area contributed by atoms with Gasteiger partial charge in [-0.2, -0.15) is 0 Å². The summed E-state index contributed by atoms with van der Waals surface area (Å²) in [6, 6.07) is 44.2. The van der Waals surface area contributed by atoms with E-state index in [9.17, 15) is 0 Å². The number of nitrogens with two attached hydrogens (primary N) is 1. The predicted octanol–water partition coefficient (Wildman–Crippen LogP) is 7.94. The van der Waals surface area contributed by atoms with Crippen molar-refractivity contribution in [2.24, 2.45) is 0 Å². The minimum absolute atomic E-state index is 0.781. The summed E-state index contributed by atoms with van der Waals surface area (Å²) in [6.45, 7) is 0. The van der Waals surface area contributed by atoms with Gasteiger partial charge in [-0.1, -0.05) is 121 Å². The molecular weight excluding hydrogens is 374 g/mol. The van der Waals surface area contributed by atoms with Crippen molar-refractivity contribution in [3.05, 3.63) is 127 Å². The maximum Gasteiger partial charge on any atom is 0.0406 e. The Morgan fingerprint density at radius 1 is 0.355 bits per heavy atom. The average Bonchev–Trinajstić information content (AvgIpc) is 2.85. The number of benzene rings is 5. The van der Waals surface area contributed by atoms with Crippen LogP contribution in [0.3, 0.4) is 0 Å². The van der Waals surface area contributed by atoms with E-state index in [2.05, 4.69) is 115 Å². The van der Waals surface area contributed by atoms with E-state index < -0.39 is 0 Å². The fourth-order valence-corrected chi connectivity index (χ4v) is 4.26. The van der Waals surface area contributed by atoms with E-state index in [0.717, 1.165) is 39.1 Å². The van der Waals surface area contributed by atoms with E-state index in [0.29, 0.717) is 0 Å². The smallest absolute Gasteiger partial charge is 0.0406 e. The lowest BCUT2D eigenvalue weighted by Gasteiger charge is -2.22. The van der Waals surface area contributed by atoms with Crippen LogP contribution in [0.25, 0.3) is 44.5 Å².